The van der Waals surface area contributed by atoms with Crippen LogP contribution in [0.15, 0.2) is 52.9 Å². The molecule has 4 rings (SSSR count). The van der Waals surface area contributed by atoms with Crippen LogP contribution in [0.4, 0.5) is 5.95 Å². The first kappa shape index (κ1) is 25.2. The summed E-state index contributed by atoms with van der Waals surface area (Å²) in [5.41, 5.74) is 1.26. The summed E-state index contributed by atoms with van der Waals surface area (Å²) in [6.45, 7) is 4.92. The largest absolute Gasteiger partial charge is 0.494 e. The lowest BCUT2D eigenvalue weighted by atomic mass is 10.2. The maximum atomic E-state index is 13.4. The number of aliphatic hydroxyl groups is 1. The van der Waals surface area contributed by atoms with E-state index < -0.39 is 21.4 Å². The van der Waals surface area contributed by atoms with Gasteiger partial charge in [0, 0.05) is 5.69 Å². The standard InChI is InChI=1S/C24H27N5O6S/c1-14-8-6-9-17(25-14)22(30)16(3)36(31,32)28-24-27-26-23(20-13-12-15(2)35-20)29(24)21-18(33-4)10-7-11-19(21)34-5/h6-13,16,22,30H,1-5H3,(H,27,28)/t16-,22+/m0/s1. The molecule has 0 fully saturated rings. The summed E-state index contributed by atoms with van der Waals surface area (Å²) in [6.07, 6.45) is -1.38. The number of aryl methyl sites for hydroxylation is 2. The summed E-state index contributed by atoms with van der Waals surface area (Å²) in [7, 11) is -1.22. The van der Waals surface area contributed by atoms with Crippen LogP contribution in [-0.4, -0.2) is 52.7 Å². The van der Waals surface area contributed by atoms with Gasteiger partial charge < -0.3 is 19.0 Å². The van der Waals surface area contributed by atoms with Gasteiger partial charge in [-0.2, -0.15) is 0 Å². The topological polar surface area (TPSA) is 142 Å². The first-order chi connectivity index (χ1) is 17.2. The molecule has 0 amide bonds. The van der Waals surface area contributed by atoms with Gasteiger partial charge in [-0.15, -0.1) is 10.2 Å². The van der Waals surface area contributed by atoms with E-state index in [4.69, 9.17) is 13.9 Å². The summed E-state index contributed by atoms with van der Waals surface area (Å²) in [6, 6.07) is 13.6. The number of rotatable bonds is 9. The Balaban J connectivity index is 1.82. The number of pyridine rings is 1. The predicted molar refractivity (Wildman–Crippen MR) is 133 cm³/mol. The van der Waals surface area contributed by atoms with Crippen molar-refractivity contribution in [3.63, 3.8) is 0 Å². The summed E-state index contributed by atoms with van der Waals surface area (Å²) >= 11 is 0. The van der Waals surface area contributed by atoms with Crippen molar-refractivity contribution in [1.29, 1.82) is 0 Å². The molecule has 0 spiro atoms. The van der Waals surface area contributed by atoms with Crippen LogP contribution < -0.4 is 14.2 Å². The van der Waals surface area contributed by atoms with Crippen LogP contribution in [0.5, 0.6) is 11.5 Å². The Labute approximate surface area is 208 Å². The normalized spacial score (nSPS) is 13.3. The van der Waals surface area contributed by atoms with Gasteiger partial charge in [-0.05, 0) is 57.2 Å². The molecule has 1 aromatic carbocycles. The SMILES string of the molecule is COc1cccc(OC)c1-n1c(NS(=O)(=O)[C@@H](C)[C@@H](O)c2cccc(C)n2)nnc1-c1ccc(C)o1. The number of anilines is 1. The van der Waals surface area contributed by atoms with Crippen molar-refractivity contribution < 1.29 is 27.4 Å². The highest BCUT2D eigenvalue weighted by atomic mass is 32.2. The van der Waals surface area contributed by atoms with E-state index in [2.05, 4.69) is 19.9 Å². The van der Waals surface area contributed by atoms with Crippen LogP contribution in [-0.2, 0) is 10.0 Å². The van der Waals surface area contributed by atoms with Crippen molar-refractivity contribution in [2.24, 2.45) is 0 Å². The highest BCUT2D eigenvalue weighted by Gasteiger charge is 2.33. The third-order valence-electron chi connectivity index (χ3n) is 5.63. The molecule has 2 N–H and O–H groups in total. The molecule has 4 aromatic rings. The molecule has 0 aliphatic heterocycles. The number of hydrogen-bond acceptors (Lipinski definition) is 9. The molecule has 3 heterocycles. The molecule has 0 aliphatic carbocycles. The summed E-state index contributed by atoms with van der Waals surface area (Å²) in [4.78, 5) is 4.25. The first-order valence-corrected chi connectivity index (χ1v) is 12.6. The molecular weight excluding hydrogens is 486 g/mol. The van der Waals surface area contributed by atoms with Gasteiger partial charge in [-0.1, -0.05) is 12.1 Å². The van der Waals surface area contributed by atoms with Crippen LogP contribution in [0, 0.1) is 13.8 Å². The lowest BCUT2D eigenvalue weighted by molar-refractivity contribution is 0.171. The molecule has 3 aromatic heterocycles. The Morgan fingerprint density at radius 3 is 2.25 bits per heavy atom. The lowest BCUT2D eigenvalue weighted by Gasteiger charge is -2.21. The third-order valence-corrected chi connectivity index (χ3v) is 7.33. The monoisotopic (exact) mass is 513 g/mol. The van der Waals surface area contributed by atoms with Gasteiger partial charge in [0.25, 0.3) is 0 Å². The van der Waals surface area contributed by atoms with Gasteiger partial charge >= 0.3 is 0 Å². The molecule has 0 unspecified atom stereocenters. The number of nitrogens with one attached hydrogen (secondary N) is 1. The molecular formula is C24H27N5O6S. The van der Waals surface area contributed by atoms with Crippen LogP contribution in [0.25, 0.3) is 17.3 Å². The second-order valence-corrected chi connectivity index (χ2v) is 10.1. The molecule has 2 atom stereocenters. The van der Waals surface area contributed by atoms with E-state index in [1.165, 1.54) is 25.7 Å². The fourth-order valence-corrected chi connectivity index (χ4v) is 4.74. The third kappa shape index (κ3) is 4.77. The minimum Gasteiger partial charge on any atom is -0.494 e. The number of sulfonamides is 1. The van der Waals surface area contributed by atoms with E-state index in [1.807, 2.05) is 0 Å². The fourth-order valence-electron chi connectivity index (χ4n) is 3.69. The summed E-state index contributed by atoms with van der Waals surface area (Å²) < 4.78 is 47.5. The number of nitrogens with zero attached hydrogens (tertiary/aromatic N) is 4. The number of aromatic nitrogens is 4. The Kier molecular flexibility index (Phi) is 7.00. The average molecular weight is 514 g/mol. The second-order valence-electron chi connectivity index (χ2n) is 8.10. The molecule has 190 valence electrons. The van der Waals surface area contributed by atoms with Crippen LogP contribution in [0.2, 0.25) is 0 Å². The van der Waals surface area contributed by atoms with E-state index in [9.17, 15) is 13.5 Å². The van der Waals surface area contributed by atoms with Crippen molar-refractivity contribution in [3.8, 4) is 28.8 Å². The zero-order chi connectivity index (χ0) is 26.0. The number of furan rings is 1. The van der Waals surface area contributed by atoms with E-state index in [0.29, 0.717) is 34.4 Å². The van der Waals surface area contributed by atoms with Gasteiger partial charge in [0.1, 0.15) is 34.3 Å². The quantitative estimate of drug-likeness (QED) is 0.344. The Bertz CT molecular complexity index is 1460. The minimum atomic E-state index is -4.18. The number of para-hydroxylation sites is 1. The van der Waals surface area contributed by atoms with E-state index in [0.717, 1.165) is 0 Å². The number of methoxy groups -OCH3 is 2. The highest BCUT2D eigenvalue weighted by Crippen LogP contribution is 2.38. The molecule has 0 bridgehead atoms. The minimum absolute atomic E-state index is 0.141. The van der Waals surface area contributed by atoms with Crippen molar-refractivity contribution >= 4 is 16.0 Å². The molecule has 0 radical (unpaired) electrons. The van der Waals surface area contributed by atoms with Crippen molar-refractivity contribution in [2.75, 3.05) is 18.9 Å². The zero-order valence-electron chi connectivity index (χ0n) is 20.5. The molecule has 0 saturated carbocycles. The van der Waals surface area contributed by atoms with Crippen LogP contribution in [0.1, 0.15) is 30.2 Å². The van der Waals surface area contributed by atoms with Gasteiger partial charge in [0.05, 0.1) is 19.9 Å². The molecule has 0 aliphatic rings. The number of aliphatic hydroxyl groups excluding tert-OH is 1. The molecule has 11 nitrogen and oxygen atoms in total. The first-order valence-electron chi connectivity index (χ1n) is 11.0. The smallest absolute Gasteiger partial charge is 0.243 e. The number of ether oxygens (including phenoxy) is 2. The highest BCUT2D eigenvalue weighted by molar-refractivity contribution is 7.93. The molecule has 12 heteroatoms. The maximum Gasteiger partial charge on any atom is 0.243 e. The number of hydrogen-bond donors (Lipinski definition) is 2. The van der Waals surface area contributed by atoms with Gasteiger partial charge in [-0.25, -0.2) is 8.42 Å². The zero-order valence-corrected chi connectivity index (χ0v) is 21.3. The van der Waals surface area contributed by atoms with Gasteiger partial charge in [-0.3, -0.25) is 14.3 Å². The maximum absolute atomic E-state index is 13.4. The summed E-state index contributed by atoms with van der Waals surface area (Å²) in [5, 5.41) is 17.8. The Morgan fingerprint density at radius 2 is 1.67 bits per heavy atom. The average Bonchev–Trinajstić information content (AvgIpc) is 3.47. The fraction of sp³-hybridized carbons (Fsp3) is 0.292. The Hall–Kier alpha value is -3.90. The second kappa shape index (κ2) is 9.99. The van der Waals surface area contributed by atoms with Crippen molar-refractivity contribution in [3.05, 3.63) is 65.7 Å². The van der Waals surface area contributed by atoms with Crippen LogP contribution >= 0.6 is 0 Å². The lowest BCUT2D eigenvalue weighted by Crippen LogP contribution is -2.32. The van der Waals surface area contributed by atoms with E-state index in [-0.39, 0.29) is 17.5 Å². The van der Waals surface area contributed by atoms with Gasteiger partial charge in [0.2, 0.25) is 21.8 Å². The number of benzene rings is 1. The van der Waals surface area contributed by atoms with Crippen molar-refractivity contribution in [1.82, 2.24) is 19.7 Å². The summed E-state index contributed by atoms with van der Waals surface area (Å²) in [5.74, 6) is 1.84. The predicted octanol–water partition coefficient (Wildman–Crippen LogP) is 3.42. The van der Waals surface area contributed by atoms with E-state index >= 15 is 0 Å². The molecule has 36 heavy (non-hydrogen) atoms. The van der Waals surface area contributed by atoms with Crippen molar-refractivity contribution in [2.45, 2.75) is 32.1 Å². The van der Waals surface area contributed by atoms with Gasteiger partial charge in [0.15, 0.2) is 5.76 Å². The Morgan fingerprint density at radius 1 is 1.00 bits per heavy atom. The molecule has 0 saturated heterocycles. The van der Waals surface area contributed by atoms with Crippen LogP contribution in [0.3, 0.4) is 0 Å². The van der Waals surface area contributed by atoms with E-state index in [1.54, 1.807) is 62.4 Å².